The summed E-state index contributed by atoms with van der Waals surface area (Å²) in [6.45, 7) is 4.20. The number of hydrogen-bond acceptors (Lipinski definition) is 4. The van der Waals surface area contributed by atoms with Crippen LogP contribution in [0.2, 0.25) is 0 Å². The predicted octanol–water partition coefficient (Wildman–Crippen LogP) is 1.88. The summed E-state index contributed by atoms with van der Waals surface area (Å²) >= 11 is 1.44. The number of carbonyl (C=O) groups excluding carboxylic acids is 1. The summed E-state index contributed by atoms with van der Waals surface area (Å²) in [4.78, 5) is 16.7. The Morgan fingerprint density at radius 2 is 2.15 bits per heavy atom. The molecule has 0 spiro atoms. The van der Waals surface area contributed by atoms with Crippen molar-refractivity contribution in [3.8, 4) is 0 Å². The van der Waals surface area contributed by atoms with E-state index < -0.39 is 0 Å². The molecule has 0 saturated carbocycles. The van der Waals surface area contributed by atoms with Gasteiger partial charge in [0.2, 0.25) is 0 Å². The van der Waals surface area contributed by atoms with Gasteiger partial charge in [0, 0.05) is 11.3 Å². The molecule has 0 bridgehead atoms. The van der Waals surface area contributed by atoms with Crippen molar-refractivity contribution in [2.75, 3.05) is 5.73 Å². The Labute approximate surface area is 81.0 Å². The number of fused-ring (bicyclic) bond motifs is 1. The highest BCUT2D eigenvalue weighted by Gasteiger charge is 2.33. The van der Waals surface area contributed by atoms with Gasteiger partial charge in [-0.05, 0) is 11.8 Å². The third kappa shape index (κ3) is 1.46. The van der Waals surface area contributed by atoms with Gasteiger partial charge in [-0.2, -0.15) is 0 Å². The van der Waals surface area contributed by atoms with Gasteiger partial charge in [0.05, 0.1) is 0 Å². The molecule has 0 radical (unpaired) electrons. The number of nitrogen functional groups attached to an aromatic ring is 1. The van der Waals surface area contributed by atoms with Gasteiger partial charge in [-0.25, -0.2) is 4.98 Å². The maximum Gasteiger partial charge on any atom is 0.182 e. The van der Waals surface area contributed by atoms with Crippen LogP contribution >= 0.6 is 11.3 Å². The summed E-state index contributed by atoms with van der Waals surface area (Å²) in [6, 6.07) is 0. The van der Waals surface area contributed by atoms with E-state index in [0.29, 0.717) is 17.2 Å². The van der Waals surface area contributed by atoms with Crippen LogP contribution in [-0.2, 0) is 6.42 Å². The number of ketones is 1. The Kier molecular flexibility index (Phi) is 1.70. The fraction of sp³-hybridized carbons (Fsp3) is 0.556. The molecule has 4 heteroatoms. The highest BCUT2D eigenvalue weighted by Crippen LogP contribution is 2.37. The molecule has 3 nitrogen and oxygen atoms in total. The summed E-state index contributed by atoms with van der Waals surface area (Å²) in [5.41, 5.74) is 6.25. The average molecular weight is 196 g/mol. The second-order valence-corrected chi connectivity index (χ2v) is 5.38. The van der Waals surface area contributed by atoms with Crippen LogP contribution in [-0.4, -0.2) is 10.8 Å². The number of nitrogens with zero attached hydrogens (tertiary/aromatic N) is 1. The summed E-state index contributed by atoms with van der Waals surface area (Å²) in [6.07, 6.45) is 1.51. The molecule has 0 fully saturated rings. The van der Waals surface area contributed by atoms with E-state index in [-0.39, 0.29) is 11.2 Å². The molecular weight excluding hydrogens is 184 g/mol. The number of aromatic nitrogens is 1. The zero-order valence-electron chi connectivity index (χ0n) is 7.76. The minimum absolute atomic E-state index is 0.0725. The van der Waals surface area contributed by atoms with Crippen molar-refractivity contribution in [2.45, 2.75) is 26.7 Å². The standard InChI is InChI=1S/C9H12N2OS/c1-9(2)3-5(12)7-6(4-9)13-8(10)11-7/h3-4H2,1-2H3,(H2,10,11). The van der Waals surface area contributed by atoms with E-state index >= 15 is 0 Å². The minimum atomic E-state index is 0.0725. The van der Waals surface area contributed by atoms with Gasteiger partial charge in [0.15, 0.2) is 10.9 Å². The Morgan fingerprint density at radius 3 is 2.85 bits per heavy atom. The Hall–Kier alpha value is -0.900. The quantitative estimate of drug-likeness (QED) is 0.689. The fourth-order valence-corrected chi connectivity index (χ4v) is 2.83. The van der Waals surface area contributed by atoms with E-state index in [1.165, 1.54) is 11.3 Å². The number of nitrogens with two attached hydrogens (primary N) is 1. The van der Waals surface area contributed by atoms with Crippen molar-refractivity contribution in [3.63, 3.8) is 0 Å². The monoisotopic (exact) mass is 196 g/mol. The lowest BCUT2D eigenvalue weighted by Gasteiger charge is -2.26. The van der Waals surface area contributed by atoms with Gasteiger partial charge in [-0.3, -0.25) is 4.79 Å². The molecule has 0 aliphatic heterocycles. The number of anilines is 1. The van der Waals surface area contributed by atoms with Gasteiger partial charge < -0.3 is 5.73 Å². The van der Waals surface area contributed by atoms with E-state index in [0.717, 1.165) is 11.3 Å². The lowest BCUT2D eigenvalue weighted by atomic mass is 9.78. The topological polar surface area (TPSA) is 56.0 Å². The molecule has 0 aromatic carbocycles. The molecular formula is C9H12N2OS. The minimum Gasteiger partial charge on any atom is -0.375 e. The van der Waals surface area contributed by atoms with Gasteiger partial charge >= 0.3 is 0 Å². The maximum atomic E-state index is 11.6. The van der Waals surface area contributed by atoms with Crippen LogP contribution in [0, 0.1) is 5.41 Å². The molecule has 2 N–H and O–H groups in total. The number of carbonyl (C=O) groups is 1. The lowest BCUT2D eigenvalue weighted by molar-refractivity contribution is 0.0909. The van der Waals surface area contributed by atoms with Gasteiger partial charge in [0.25, 0.3) is 0 Å². The van der Waals surface area contributed by atoms with E-state index in [1.54, 1.807) is 0 Å². The van der Waals surface area contributed by atoms with Crippen molar-refractivity contribution in [1.82, 2.24) is 4.98 Å². The normalized spacial score (nSPS) is 20.0. The van der Waals surface area contributed by atoms with Crippen LogP contribution < -0.4 is 5.73 Å². The molecule has 70 valence electrons. The molecule has 1 aliphatic rings. The molecule has 2 rings (SSSR count). The summed E-state index contributed by atoms with van der Waals surface area (Å²) < 4.78 is 0. The fourth-order valence-electron chi connectivity index (χ4n) is 1.72. The molecule has 0 saturated heterocycles. The van der Waals surface area contributed by atoms with Gasteiger partial charge in [0.1, 0.15) is 5.69 Å². The molecule has 0 amide bonds. The van der Waals surface area contributed by atoms with E-state index in [2.05, 4.69) is 18.8 Å². The van der Waals surface area contributed by atoms with E-state index in [4.69, 9.17) is 5.73 Å². The second-order valence-electron chi connectivity index (χ2n) is 4.26. The van der Waals surface area contributed by atoms with Gasteiger partial charge in [-0.1, -0.05) is 13.8 Å². The van der Waals surface area contributed by atoms with Crippen molar-refractivity contribution in [3.05, 3.63) is 10.6 Å². The van der Waals surface area contributed by atoms with Crippen LogP contribution in [0.5, 0.6) is 0 Å². The third-order valence-electron chi connectivity index (χ3n) is 2.26. The highest BCUT2D eigenvalue weighted by molar-refractivity contribution is 7.15. The molecule has 1 aromatic rings. The van der Waals surface area contributed by atoms with Crippen molar-refractivity contribution in [2.24, 2.45) is 5.41 Å². The van der Waals surface area contributed by atoms with Crippen LogP contribution in [0.25, 0.3) is 0 Å². The highest BCUT2D eigenvalue weighted by atomic mass is 32.1. The predicted molar refractivity (Wildman–Crippen MR) is 53.0 cm³/mol. The summed E-state index contributed by atoms with van der Waals surface area (Å²) in [7, 11) is 0. The molecule has 1 aromatic heterocycles. The van der Waals surface area contributed by atoms with Crippen molar-refractivity contribution in [1.29, 1.82) is 0 Å². The van der Waals surface area contributed by atoms with E-state index in [9.17, 15) is 4.79 Å². The first-order valence-electron chi connectivity index (χ1n) is 4.26. The number of Topliss-reactive ketones (excluding diaryl/α,β-unsaturated/α-hetero) is 1. The van der Waals surface area contributed by atoms with E-state index in [1.807, 2.05) is 0 Å². The lowest BCUT2D eigenvalue weighted by Crippen LogP contribution is -2.26. The van der Waals surface area contributed by atoms with Crippen LogP contribution in [0.3, 0.4) is 0 Å². The Balaban J connectivity index is 2.48. The molecule has 1 heterocycles. The first-order chi connectivity index (χ1) is 5.98. The summed E-state index contributed by atoms with van der Waals surface area (Å²) in [5, 5.41) is 0.510. The summed E-state index contributed by atoms with van der Waals surface area (Å²) in [5.74, 6) is 0.138. The number of hydrogen-bond donors (Lipinski definition) is 1. The largest absolute Gasteiger partial charge is 0.375 e. The Bertz CT molecular complexity index is 368. The van der Waals surface area contributed by atoms with Crippen LogP contribution in [0.4, 0.5) is 5.13 Å². The average Bonchev–Trinajstić information content (AvgIpc) is 2.27. The molecule has 0 atom stereocenters. The molecule has 0 unspecified atom stereocenters. The first kappa shape index (κ1) is 8.69. The maximum absolute atomic E-state index is 11.6. The third-order valence-corrected chi connectivity index (χ3v) is 3.14. The van der Waals surface area contributed by atoms with Crippen LogP contribution in [0.15, 0.2) is 0 Å². The van der Waals surface area contributed by atoms with Gasteiger partial charge in [-0.15, -0.1) is 11.3 Å². The first-order valence-corrected chi connectivity index (χ1v) is 5.08. The Morgan fingerprint density at radius 1 is 1.46 bits per heavy atom. The molecule has 13 heavy (non-hydrogen) atoms. The van der Waals surface area contributed by atoms with Crippen LogP contribution in [0.1, 0.15) is 35.6 Å². The van der Waals surface area contributed by atoms with Crippen molar-refractivity contribution < 1.29 is 4.79 Å². The number of rotatable bonds is 0. The number of thiazole rings is 1. The zero-order chi connectivity index (χ0) is 9.64. The molecule has 1 aliphatic carbocycles. The second kappa shape index (κ2) is 2.54. The van der Waals surface area contributed by atoms with Crippen molar-refractivity contribution >= 4 is 22.3 Å². The smallest absolute Gasteiger partial charge is 0.182 e. The zero-order valence-corrected chi connectivity index (χ0v) is 8.57. The SMILES string of the molecule is CC1(C)CC(=O)c2nc(N)sc2C1.